The Kier molecular flexibility index (Phi) is 6.20. The normalized spacial score (nSPS) is 15.7. The van der Waals surface area contributed by atoms with Crippen molar-refractivity contribution in [1.29, 1.82) is 0 Å². The number of benzene rings is 1. The van der Waals surface area contributed by atoms with Crippen LogP contribution in [0, 0.1) is 5.41 Å². The van der Waals surface area contributed by atoms with E-state index in [1.165, 1.54) is 18.5 Å². The summed E-state index contributed by atoms with van der Waals surface area (Å²) in [5, 5.41) is 0. The van der Waals surface area contributed by atoms with Gasteiger partial charge in [0, 0.05) is 23.7 Å². The molecule has 1 saturated carbocycles. The molecule has 0 amide bonds. The minimum atomic E-state index is -4.91. The van der Waals surface area contributed by atoms with Crippen molar-refractivity contribution in [3.63, 3.8) is 0 Å². The standard InChI is InChI=1S/C18H16F6N2O.ClH/c19-17(20,21)13-3-11(4-14(6-13)18(22,23)24)12-5-15(8-26-7-12)27-10-16(9-25)1-2-16;/h3-8H,1-2,9-10,25H2;1H. The summed E-state index contributed by atoms with van der Waals surface area (Å²) in [5.74, 6) is 0.262. The molecule has 28 heavy (non-hydrogen) atoms. The number of aromatic nitrogens is 1. The SMILES string of the molecule is Cl.NCC1(COc2cncc(-c3cc(C(F)(F)F)cc(C(F)(F)F)c3)c2)CC1. The van der Waals surface area contributed by atoms with Crippen molar-refractivity contribution in [2.75, 3.05) is 13.2 Å². The molecule has 0 radical (unpaired) electrons. The van der Waals surface area contributed by atoms with Gasteiger partial charge in [-0.3, -0.25) is 4.98 Å². The fraction of sp³-hybridized carbons (Fsp3) is 0.389. The van der Waals surface area contributed by atoms with Crippen molar-refractivity contribution in [2.24, 2.45) is 11.1 Å². The van der Waals surface area contributed by atoms with E-state index in [0.29, 0.717) is 25.3 Å². The molecule has 1 aliphatic rings. The van der Waals surface area contributed by atoms with Crippen LogP contribution in [0.3, 0.4) is 0 Å². The van der Waals surface area contributed by atoms with Gasteiger partial charge in [0.1, 0.15) is 5.75 Å². The van der Waals surface area contributed by atoms with Gasteiger partial charge in [0.2, 0.25) is 0 Å². The number of hydrogen-bond acceptors (Lipinski definition) is 3. The molecule has 0 spiro atoms. The molecule has 0 bridgehead atoms. The van der Waals surface area contributed by atoms with Crippen LogP contribution in [0.5, 0.6) is 5.75 Å². The van der Waals surface area contributed by atoms with E-state index in [1.807, 2.05) is 0 Å². The number of pyridine rings is 1. The molecule has 0 unspecified atom stereocenters. The van der Waals surface area contributed by atoms with Gasteiger partial charge < -0.3 is 10.5 Å². The van der Waals surface area contributed by atoms with Crippen molar-refractivity contribution >= 4 is 12.4 Å². The third-order valence-electron chi connectivity index (χ3n) is 4.57. The Balaban J connectivity index is 0.00000280. The van der Waals surface area contributed by atoms with E-state index >= 15 is 0 Å². The van der Waals surface area contributed by atoms with Crippen LogP contribution in [0.2, 0.25) is 0 Å². The predicted molar refractivity (Wildman–Crippen MR) is 93.1 cm³/mol. The summed E-state index contributed by atoms with van der Waals surface area (Å²) in [5.41, 5.74) is 2.66. The highest BCUT2D eigenvalue weighted by molar-refractivity contribution is 5.85. The van der Waals surface area contributed by atoms with Gasteiger partial charge >= 0.3 is 12.4 Å². The second-order valence-electron chi connectivity index (χ2n) is 6.70. The number of nitrogens with two attached hydrogens (primary N) is 1. The topological polar surface area (TPSA) is 48.1 Å². The highest BCUT2D eigenvalue weighted by Gasteiger charge is 2.42. The molecule has 154 valence electrons. The van der Waals surface area contributed by atoms with Crippen LogP contribution in [-0.4, -0.2) is 18.1 Å². The fourth-order valence-corrected chi connectivity index (χ4v) is 2.60. The maximum Gasteiger partial charge on any atom is 0.416 e. The number of halogens is 7. The molecular formula is C18H17ClF6N2O. The number of hydrogen-bond donors (Lipinski definition) is 1. The first-order chi connectivity index (χ1) is 12.5. The Morgan fingerprint density at radius 1 is 0.893 bits per heavy atom. The van der Waals surface area contributed by atoms with Crippen molar-refractivity contribution < 1.29 is 31.1 Å². The van der Waals surface area contributed by atoms with Crippen LogP contribution < -0.4 is 10.5 Å². The van der Waals surface area contributed by atoms with Gasteiger partial charge in [0.15, 0.2) is 0 Å². The zero-order valence-electron chi connectivity index (χ0n) is 14.4. The second kappa shape index (κ2) is 7.79. The predicted octanol–water partition coefficient (Wildman–Crippen LogP) is 5.33. The summed E-state index contributed by atoms with van der Waals surface area (Å²) >= 11 is 0. The van der Waals surface area contributed by atoms with Gasteiger partial charge in [-0.15, -0.1) is 12.4 Å². The maximum absolute atomic E-state index is 13.0. The van der Waals surface area contributed by atoms with Gasteiger partial charge in [-0.2, -0.15) is 26.3 Å². The van der Waals surface area contributed by atoms with E-state index in [4.69, 9.17) is 10.5 Å². The van der Waals surface area contributed by atoms with E-state index in [2.05, 4.69) is 4.98 Å². The van der Waals surface area contributed by atoms with Crippen molar-refractivity contribution in [2.45, 2.75) is 25.2 Å². The summed E-state index contributed by atoms with van der Waals surface area (Å²) in [4.78, 5) is 3.87. The van der Waals surface area contributed by atoms with Gasteiger partial charge in [0.05, 0.1) is 23.9 Å². The van der Waals surface area contributed by atoms with Crippen LogP contribution in [0.1, 0.15) is 24.0 Å². The Morgan fingerprint density at radius 2 is 1.46 bits per heavy atom. The Labute approximate surface area is 163 Å². The first-order valence-electron chi connectivity index (χ1n) is 8.10. The summed E-state index contributed by atoms with van der Waals surface area (Å²) in [7, 11) is 0. The summed E-state index contributed by atoms with van der Waals surface area (Å²) in [6, 6.07) is 2.79. The molecule has 10 heteroatoms. The average Bonchev–Trinajstić information content (AvgIpc) is 3.39. The lowest BCUT2D eigenvalue weighted by Crippen LogP contribution is -2.22. The number of rotatable bonds is 5. The van der Waals surface area contributed by atoms with Crippen LogP contribution >= 0.6 is 12.4 Å². The highest BCUT2D eigenvalue weighted by atomic mass is 35.5. The van der Waals surface area contributed by atoms with Gasteiger partial charge in [-0.25, -0.2) is 0 Å². The van der Waals surface area contributed by atoms with Crippen LogP contribution in [0.15, 0.2) is 36.7 Å². The van der Waals surface area contributed by atoms with Crippen LogP contribution in [0.4, 0.5) is 26.3 Å². The summed E-state index contributed by atoms with van der Waals surface area (Å²) < 4.78 is 83.7. The van der Waals surface area contributed by atoms with Crippen LogP contribution in [-0.2, 0) is 12.4 Å². The Morgan fingerprint density at radius 3 is 1.93 bits per heavy atom. The summed E-state index contributed by atoms with van der Waals surface area (Å²) in [6.45, 7) is 0.772. The minimum absolute atomic E-state index is 0. The van der Waals surface area contributed by atoms with Gasteiger partial charge in [0.25, 0.3) is 0 Å². The van der Waals surface area contributed by atoms with Crippen LogP contribution in [0.25, 0.3) is 11.1 Å². The highest BCUT2D eigenvalue weighted by Crippen LogP contribution is 2.45. The number of nitrogens with zero attached hydrogens (tertiary/aromatic N) is 1. The third-order valence-corrected chi connectivity index (χ3v) is 4.57. The van der Waals surface area contributed by atoms with Gasteiger partial charge in [-0.05, 0) is 42.7 Å². The van der Waals surface area contributed by atoms with Crippen molar-refractivity contribution in [3.05, 3.63) is 47.8 Å². The average molecular weight is 427 g/mol. The molecule has 1 aromatic carbocycles. The zero-order valence-corrected chi connectivity index (χ0v) is 15.2. The van der Waals surface area contributed by atoms with Gasteiger partial charge in [-0.1, -0.05) is 0 Å². The van der Waals surface area contributed by atoms with E-state index < -0.39 is 23.5 Å². The molecule has 1 fully saturated rings. The fourth-order valence-electron chi connectivity index (χ4n) is 2.60. The smallest absolute Gasteiger partial charge is 0.416 e. The van der Waals surface area contributed by atoms with E-state index in [9.17, 15) is 26.3 Å². The molecule has 1 heterocycles. The molecule has 2 aromatic rings. The third kappa shape index (κ3) is 5.08. The monoisotopic (exact) mass is 426 g/mol. The molecule has 0 aliphatic heterocycles. The second-order valence-corrected chi connectivity index (χ2v) is 6.70. The molecule has 3 nitrogen and oxygen atoms in total. The molecule has 3 rings (SSSR count). The van der Waals surface area contributed by atoms with Crippen molar-refractivity contribution in [1.82, 2.24) is 4.98 Å². The lowest BCUT2D eigenvalue weighted by Gasteiger charge is -2.16. The maximum atomic E-state index is 13.0. The molecule has 1 aliphatic carbocycles. The molecule has 2 N–H and O–H groups in total. The Hall–Kier alpha value is -2.00. The molecule has 0 atom stereocenters. The first kappa shape index (κ1) is 22.3. The molecular weight excluding hydrogens is 410 g/mol. The molecule has 0 saturated heterocycles. The first-order valence-corrected chi connectivity index (χ1v) is 8.10. The van der Waals surface area contributed by atoms with E-state index in [-0.39, 0.29) is 40.8 Å². The quantitative estimate of drug-likeness (QED) is 0.658. The Bertz CT molecular complexity index is 801. The number of alkyl halides is 6. The minimum Gasteiger partial charge on any atom is -0.491 e. The lowest BCUT2D eigenvalue weighted by atomic mass is 10.00. The molecule has 1 aromatic heterocycles. The number of ether oxygens (including phenoxy) is 1. The van der Waals surface area contributed by atoms with E-state index in [1.54, 1.807) is 0 Å². The largest absolute Gasteiger partial charge is 0.491 e. The zero-order chi connectivity index (χ0) is 19.9. The lowest BCUT2D eigenvalue weighted by molar-refractivity contribution is -0.143. The van der Waals surface area contributed by atoms with E-state index in [0.717, 1.165) is 12.8 Å². The van der Waals surface area contributed by atoms with Crippen molar-refractivity contribution in [3.8, 4) is 16.9 Å². The summed E-state index contributed by atoms with van der Waals surface area (Å²) in [6.07, 6.45) is -5.43.